The van der Waals surface area contributed by atoms with Gasteiger partial charge in [-0.2, -0.15) is 11.3 Å². The Labute approximate surface area is 146 Å². The molecule has 8 heteroatoms. The van der Waals surface area contributed by atoms with Gasteiger partial charge in [-0.1, -0.05) is 0 Å². The Morgan fingerprint density at radius 2 is 2.14 bits per heavy atom. The van der Waals surface area contributed by atoms with Crippen LogP contribution in [0.25, 0.3) is 11.5 Å². The summed E-state index contributed by atoms with van der Waals surface area (Å²) in [5.41, 5.74) is 7.01. The summed E-state index contributed by atoms with van der Waals surface area (Å²) < 4.78 is 5.60. The minimum Gasteiger partial charge on any atom is -0.441 e. The maximum Gasteiger partial charge on any atom is 0.227 e. The van der Waals surface area contributed by atoms with Crippen molar-refractivity contribution < 1.29 is 9.21 Å². The molecular formula is C14H21Cl2N3O2S. The second-order valence-electron chi connectivity index (χ2n) is 5.48. The number of aryl methyl sites for hydroxylation is 1. The summed E-state index contributed by atoms with van der Waals surface area (Å²) in [6.45, 7) is 5.98. The fourth-order valence-corrected chi connectivity index (χ4v) is 2.27. The van der Waals surface area contributed by atoms with Gasteiger partial charge in [0, 0.05) is 23.0 Å². The molecule has 1 amide bonds. The van der Waals surface area contributed by atoms with E-state index in [9.17, 15) is 4.79 Å². The van der Waals surface area contributed by atoms with Crippen LogP contribution in [0.5, 0.6) is 0 Å². The van der Waals surface area contributed by atoms with Gasteiger partial charge in [0.25, 0.3) is 0 Å². The van der Waals surface area contributed by atoms with E-state index in [1.165, 1.54) is 0 Å². The third-order valence-electron chi connectivity index (χ3n) is 2.73. The van der Waals surface area contributed by atoms with Gasteiger partial charge >= 0.3 is 0 Å². The number of nitrogens with one attached hydrogen (secondary N) is 1. The molecule has 0 aliphatic rings. The van der Waals surface area contributed by atoms with Crippen molar-refractivity contribution in [2.24, 2.45) is 5.73 Å². The highest BCUT2D eigenvalue weighted by molar-refractivity contribution is 7.08. The van der Waals surface area contributed by atoms with Crippen molar-refractivity contribution in [3.8, 4) is 11.5 Å². The normalized spacial score (nSPS) is 10.5. The Bertz CT molecular complexity index is 592. The fourth-order valence-electron chi connectivity index (χ4n) is 1.64. The van der Waals surface area contributed by atoms with Crippen LogP contribution in [0, 0.1) is 6.92 Å². The van der Waals surface area contributed by atoms with E-state index < -0.39 is 5.54 Å². The molecule has 0 aromatic carbocycles. The van der Waals surface area contributed by atoms with Crippen LogP contribution >= 0.6 is 36.2 Å². The van der Waals surface area contributed by atoms with Gasteiger partial charge in [0.1, 0.15) is 5.76 Å². The van der Waals surface area contributed by atoms with Crippen LogP contribution in [-0.4, -0.2) is 23.0 Å². The lowest BCUT2D eigenvalue weighted by Crippen LogP contribution is -2.45. The first-order valence-electron chi connectivity index (χ1n) is 6.39. The average Bonchev–Trinajstić information content (AvgIpc) is 2.96. The van der Waals surface area contributed by atoms with E-state index in [1.807, 2.05) is 37.6 Å². The molecule has 0 bridgehead atoms. The standard InChI is InChI=1S/C14H19N3O2S.2ClH/c1-9-11(6-12(18)16-8-14(2,3)15)17-13(19-9)10-4-5-20-7-10;;/h4-5,7H,6,8,15H2,1-3H3,(H,16,18);2*1H. The quantitative estimate of drug-likeness (QED) is 0.853. The molecule has 0 saturated carbocycles. The van der Waals surface area contributed by atoms with Gasteiger partial charge in [0.15, 0.2) is 0 Å². The molecule has 0 aliphatic carbocycles. The molecule has 0 fully saturated rings. The van der Waals surface area contributed by atoms with E-state index in [4.69, 9.17) is 10.2 Å². The molecule has 0 unspecified atom stereocenters. The number of amides is 1. The lowest BCUT2D eigenvalue weighted by atomic mass is 10.1. The summed E-state index contributed by atoms with van der Waals surface area (Å²) in [6, 6.07) is 1.94. The summed E-state index contributed by atoms with van der Waals surface area (Å²) in [5.74, 6) is 1.14. The van der Waals surface area contributed by atoms with Crippen LogP contribution < -0.4 is 11.1 Å². The third-order valence-corrected chi connectivity index (χ3v) is 3.41. The van der Waals surface area contributed by atoms with Crippen molar-refractivity contribution >= 4 is 42.1 Å². The Hall–Kier alpha value is -1.08. The van der Waals surface area contributed by atoms with Crippen LogP contribution in [-0.2, 0) is 11.2 Å². The number of thiophene rings is 1. The van der Waals surface area contributed by atoms with E-state index in [2.05, 4.69) is 10.3 Å². The van der Waals surface area contributed by atoms with Crippen LogP contribution in [0.15, 0.2) is 21.2 Å². The summed E-state index contributed by atoms with van der Waals surface area (Å²) in [5, 5.41) is 6.73. The van der Waals surface area contributed by atoms with Gasteiger partial charge in [-0.05, 0) is 32.2 Å². The van der Waals surface area contributed by atoms with Gasteiger partial charge in [-0.3, -0.25) is 4.79 Å². The van der Waals surface area contributed by atoms with Gasteiger partial charge in [-0.15, -0.1) is 24.8 Å². The number of hydrogen-bond acceptors (Lipinski definition) is 5. The molecule has 124 valence electrons. The first-order chi connectivity index (χ1) is 9.35. The molecule has 0 atom stereocenters. The predicted molar refractivity (Wildman–Crippen MR) is 94.0 cm³/mol. The molecule has 3 N–H and O–H groups in total. The molecule has 5 nitrogen and oxygen atoms in total. The molecule has 0 aliphatic heterocycles. The van der Waals surface area contributed by atoms with E-state index in [0.29, 0.717) is 23.9 Å². The fraction of sp³-hybridized carbons (Fsp3) is 0.429. The monoisotopic (exact) mass is 365 g/mol. The number of rotatable bonds is 5. The molecular weight excluding hydrogens is 345 g/mol. The molecule has 2 heterocycles. The van der Waals surface area contributed by atoms with Crippen LogP contribution in [0.3, 0.4) is 0 Å². The Morgan fingerprint density at radius 1 is 1.45 bits per heavy atom. The number of halogens is 2. The van der Waals surface area contributed by atoms with Gasteiger partial charge < -0.3 is 15.5 Å². The van der Waals surface area contributed by atoms with Crippen molar-refractivity contribution in [1.29, 1.82) is 0 Å². The third kappa shape index (κ3) is 5.96. The van der Waals surface area contributed by atoms with Crippen molar-refractivity contribution in [1.82, 2.24) is 10.3 Å². The van der Waals surface area contributed by atoms with Crippen LogP contribution in [0.2, 0.25) is 0 Å². The van der Waals surface area contributed by atoms with Crippen LogP contribution in [0.1, 0.15) is 25.3 Å². The zero-order valence-electron chi connectivity index (χ0n) is 12.7. The number of oxazole rings is 1. The molecule has 2 aromatic rings. The summed E-state index contributed by atoms with van der Waals surface area (Å²) in [4.78, 5) is 16.2. The van der Waals surface area contributed by atoms with Crippen molar-refractivity contribution in [2.45, 2.75) is 32.7 Å². The minimum atomic E-state index is -0.420. The van der Waals surface area contributed by atoms with Crippen molar-refractivity contribution in [2.75, 3.05) is 6.54 Å². The molecule has 0 saturated heterocycles. The highest BCUT2D eigenvalue weighted by atomic mass is 35.5. The maximum atomic E-state index is 11.9. The van der Waals surface area contributed by atoms with Gasteiger partial charge in [-0.25, -0.2) is 4.98 Å². The van der Waals surface area contributed by atoms with Gasteiger partial charge in [0.05, 0.1) is 12.1 Å². The number of hydrogen-bond donors (Lipinski definition) is 2. The summed E-state index contributed by atoms with van der Waals surface area (Å²) >= 11 is 1.58. The van der Waals surface area contributed by atoms with E-state index in [0.717, 1.165) is 5.56 Å². The first-order valence-corrected chi connectivity index (χ1v) is 7.34. The van der Waals surface area contributed by atoms with Crippen molar-refractivity contribution in [3.05, 3.63) is 28.3 Å². The largest absolute Gasteiger partial charge is 0.441 e. The Kier molecular flexibility index (Phi) is 8.11. The second-order valence-corrected chi connectivity index (χ2v) is 6.26. The highest BCUT2D eigenvalue weighted by Crippen LogP contribution is 2.23. The molecule has 2 rings (SSSR count). The van der Waals surface area contributed by atoms with Crippen molar-refractivity contribution in [3.63, 3.8) is 0 Å². The van der Waals surface area contributed by atoms with Gasteiger partial charge in [0.2, 0.25) is 11.8 Å². The number of carbonyl (C=O) groups is 1. The van der Waals surface area contributed by atoms with Crippen LogP contribution in [0.4, 0.5) is 0 Å². The van der Waals surface area contributed by atoms with E-state index >= 15 is 0 Å². The molecule has 0 radical (unpaired) electrons. The summed E-state index contributed by atoms with van der Waals surface area (Å²) in [6.07, 6.45) is 0.204. The predicted octanol–water partition coefficient (Wildman–Crippen LogP) is 2.95. The highest BCUT2D eigenvalue weighted by Gasteiger charge is 2.17. The maximum absolute atomic E-state index is 11.9. The zero-order chi connectivity index (χ0) is 14.8. The van der Waals surface area contributed by atoms with E-state index in [-0.39, 0.29) is 37.1 Å². The minimum absolute atomic E-state index is 0. The number of aromatic nitrogens is 1. The second kappa shape index (κ2) is 8.53. The molecule has 22 heavy (non-hydrogen) atoms. The lowest BCUT2D eigenvalue weighted by Gasteiger charge is -2.18. The molecule has 2 aromatic heterocycles. The topological polar surface area (TPSA) is 81.2 Å². The number of carbonyl (C=O) groups excluding carboxylic acids is 1. The Morgan fingerprint density at radius 3 is 2.68 bits per heavy atom. The number of nitrogens with two attached hydrogens (primary N) is 1. The number of nitrogens with zero attached hydrogens (tertiary/aromatic N) is 1. The average molecular weight is 366 g/mol. The van der Waals surface area contributed by atoms with E-state index in [1.54, 1.807) is 11.3 Å². The summed E-state index contributed by atoms with van der Waals surface area (Å²) in [7, 11) is 0. The molecule has 0 spiro atoms. The lowest BCUT2D eigenvalue weighted by molar-refractivity contribution is -0.120. The zero-order valence-corrected chi connectivity index (χ0v) is 15.2. The smallest absolute Gasteiger partial charge is 0.227 e. The SMILES string of the molecule is Cc1oc(-c2ccsc2)nc1CC(=O)NCC(C)(C)N.Cl.Cl. The first kappa shape index (κ1) is 20.9. The Balaban J connectivity index is 0.00000220.